The normalized spacial score (nSPS) is 8.85. The van der Waals surface area contributed by atoms with Gasteiger partial charge in [0.1, 0.15) is 18.2 Å². The highest BCUT2D eigenvalue weighted by molar-refractivity contribution is 5.96. The first-order chi connectivity index (χ1) is 16.0. The molecule has 0 amide bonds. The summed E-state index contributed by atoms with van der Waals surface area (Å²) in [4.78, 5) is 11.5. The fourth-order valence-corrected chi connectivity index (χ4v) is 2.74. The summed E-state index contributed by atoms with van der Waals surface area (Å²) in [5.74, 6) is 0.160. The number of benzene rings is 2. The van der Waals surface area contributed by atoms with Gasteiger partial charge in [-0.3, -0.25) is 9.18 Å². The van der Waals surface area contributed by atoms with Crippen molar-refractivity contribution in [3.8, 4) is 5.75 Å². The van der Waals surface area contributed by atoms with Crippen LogP contribution in [-0.4, -0.2) is 32.8 Å². The lowest BCUT2D eigenvalue weighted by Gasteiger charge is -2.11. The van der Waals surface area contributed by atoms with Crippen LogP contribution in [0.3, 0.4) is 0 Å². The van der Waals surface area contributed by atoms with Gasteiger partial charge in [0, 0.05) is 15.8 Å². The van der Waals surface area contributed by atoms with Crippen molar-refractivity contribution in [2.24, 2.45) is 0 Å². The highest BCUT2D eigenvalue weighted by atomic mass is 20.0. The van der Waals surface area contributed by atoms with Crippen LogP contribution in [0, 0.1) is 19.7 Å². The molecule has 0 radical (unpaired) electrons. The van der Waals surface area contributed by atoms with Gasteiger partial charge in [0.2, 0.25) is 0 Å². The lowest BCUT2D eigenvalue weighted by Crippen LogP contribution is -2.09. The van der Waals surface area contributed by atoms with Crippen LogP contribution >= 0.6 is 0 Å². The van der Waals surface area contributed by atoms with Crippen molar-refractivity contribution in [3.05, 3.63) is 64.5 Å². The van der Waals surface area contributed by atoms with Gasteiger partial charge < -0.3 is 9.47 Å². The number of rotatable bonds is 9. The summed E-state index contributed by atoms with van der Waals surface area (Å²) >= 11 is 0. The van der Waals surface area contributed by atoms with E-state index < -0.39 is 5.82 Å². The van der Waals surface area contributed by atoms with Crippen molar-refractivity contribution in [2.45, 2.75) is 61.3 Å². The maximum atomic E-state index is 13.7. The van der Waals surface area contributed by atoms with E-state index in [2.05, 4.69) is 0 Å². The molecule has 2 aromatic rings. The van der Waals surface area contributed by atoms with Gasteiger partial charge >= 0.3 is 0 Å². The number of carbonyl (C=O) groups is 1. The molecule has 3 nitrogen and oxygen atoms in total. The van der Waals surface area contributed by atoms with Crippen LogP contribution in [0.1, 0.15) is 68.1 Å². The van der Waals surface area contributed by atoms with Crippen molar-refractivity contribution in [1.29, 1.82) is 0 Å². The van der Waals surface area contributed by atoms with E-state index in [4.69, 9.17) is 18.6 Å². The van der Waals surface area contributed by atoms with Crippen molar-refractivity contribution >= 4 is 5.78 Å². The van der Waals surface area contributed by atoms with Crippen LogP contribution < -0.4 is 4.74 Å². The summed E-state index contributed by atoms with van der Waals surface area (Å²) in [7, 11) is 0.500. The van der Waals surface area contributed by atoms with E-state index in [1.807, 2.05) is 58.9 Å². The predicted octanol–water partition coefficient (Wildman–Crippen LogP) is 8.15. The van der Waals surface area contributed by atoms with Crippen molar-refractivity contribution < 1.29 is 32.2 Å². The van der Waals surface area contributed by atoms with Gasteiger partial charge in [0.15, 0.2) is 5.78 Å². The Labute approximate surface area is 197 Å². The molecular formula is C26H40F4O3. The van der Waals surface area contributed by atoms with E-state index in [9.17, 15) is 13.6 Å². The second-order valence-corrected chi connectivity index (χ2v) is 6.14. The summed E-state index contributed by atoms with van der Waals surface area (Å²) < 4.78 is 50.4. The van der Waals surface area contributed by atoms with Crippen LogP contribution in [0.4, 0.5) is 17.9 Å². The highest BCUT2D eigenvalue weighted by Crippen LogP contribution is 2.19. The first-order valence-corrected chi connectivity index (χ1v) is 11.1. The monoisotopic (exact) mass is 476 g/mol. The largest absolute Gasteiger partial charge is 0.491 e. The summed E-state index contributed by atoms with van der Waals surface area (Å²) in [6, 6.07) is 11.0. The summed E-state index contributed by atoms with van der Waals surface area (Å²) in [5.41, 5.74) is 3.12. The van der Waals surface area contributed by atoms with E-state index in [-0.39, 0.29) is 11.3 Å². The van der Waals surface area contributed by atoms with Gasteiger partial charge in [-0.15, -0.1) is 0 Å². The zero-order valence-electron chi connectivity index (χ0n) is 21.2. The first-order valence-electron chi connectivity index (χ1n) is 11.1. The third-order valence-corrected chi connectivity index (χ3v) is 4.13. The number of alkyl halides is 1. The number of hydrogen-bond acceptors (Lipinski definition) is 3. The van der Waals surface area contributed by atoms with Crippen LogP contribution in [0.25, 0.3) is 0 Å². The molecule has 0 aliphatic heterocycles. The van der Waals surface area contributed by atoms with Gasteiger partial charge in [-0.2, -0.15) is 0 Å². The Morgan fingerprint density at radius 3 is 1.91 bits per heavy atom. The van der Waals surface area contributed by atoms with Gasteiger partial charge in [0.05, 0.1) is 19.3 Å². The molecule has 0 atom stereocenters. The van der Waals surface area contributed by atoms with Crippen LogP contribution in [-0.2, 0) is 11.2 Å². The number of carbonyl (C=O) groups excluding carboxylic acids is 1. The Morgan fingerprint density at radius 1 is 0.848 bits per heavy atom. The number of hydrogen-bond donors (Lipinski definition) is 0. The van der Waals surface area contributed by atoms with Gasteiger partial charge in [-0.25, -0.2) is 4.39 Å². The first kappa shape index (κ1) is 35.2. The molecule has 0 N–H and O–H groups in total. The Kier molecular flexibility index (Phi) is 25.8. The molecule has 2 aromatic carbocycles. The topological polar surface area (TPSA) is 35.5 Å². The molecule has 0 spiro atoms. The van der Waals surface area contributed by atoms with Crippen LogP contribution in [0.2, 0.25) is 0 Å². The van der Waals surface area contributed by atoms with Crippen LogP contribution in [0.15, 0.2) is 36.4 Å². The molecular weight excluding hydrogens is 436 g/mol. The maximum absolute atomic E-state index is 13.7. The quantitative estimate of drug-likeness (QED) is 0.208. The summed E-state index contributed by atoms with van der Waals surface area (Å²) in [6.07, 6.45) is 1.57. The van der Waals surface area contributed by atoms with Gasteiger partial charge in [0.25, 0.3) is 0 Å². The minimum atomic E-state index is -0.446. The average molecular weight is 477 g/mol. The van der Waals surface area contributed by atoms with Crippen LogP contribution in [0.5, 0.6) is 5.75 Å². The standard InChI is InChI=1S/C21H25FO3.2C2H6.CH3F.F2/c1-15-6-9-19(10-7-15)25-14-13-24-12-4-5-18-8-11-20(22)21(16(18)2)17(3)23;4*1-2/h6-11H,4-5,12-14H2,1-3H3;2*1-2H3;1H3;. The zero-order chi connectivity index (χ0) is 26.2. The fourth-order valence-electron chi connectivity index (χ4n) is 2.74. The maximum Gasteiger partial charge on any atom is 0.163 e. The molecule has 2 rings (SSSR count). The van der Waals surface area contributed by atoms with Crippen molar-refractivity contribution in [1.82, 2.24) is 0 Å². The molecule has 0 bridgehead atoms. The number of ether oxygens (including phenoxy) is 2. The molecule has 0 saturated heterocycles. The molecule has 0 saturated carbocycles. The van der Waals surface area contributed by atoms with E-state index in [0.717, 1.165) is 29.7 Å². The molecule has 0 aliphatic rings. The molecule has 7 heteroatoms. The lowest BCUT2D eigenvalue weighted by atomic mass is 9.96. The molecule has 190 valence electrons. The third-order valence-electron chi connectivity index (χ3n) is 4.13. The van der Waals surface area contributed by atoms with E-state index >= 15 is 0 Å². The minimum Gasteiger partial charge on any atom is -0.491 e. The molecule has 0 fully saturated rings. The fraction of sp³-hybridized carbons (Fsp3) is 0.500. The van der Waals surface area contributed by atoms with Gasteiger partial charge in [-0.1, -0.05) is 51.5 Å². The van der Waals surface area contributed by atoms with Crippen molar-refractivity contribution in [2.75, 3.05) is 27.0 Å². The second-order valence-electron chi connectivity index (χ2n) is 6.14. The Hall–Kier alpha value is -2.41. The van der Waals surface area contributed by atoms with E-state index in [1.54, 1.807) is 13.0 Å². The third kappa shape index (κ3) is 15.1. The molecule has 0 heterocycles. The average Bonchev–Trinajstić information content (AvgIpc) is 2.86. The number of ketones is 1. The lowest BCUT2D eigenvalue weighted by molar-refractivity contribution is 0.0985. The Morgan fingerprint density at radius 2 is 1.39 bits per heavy atom. The predicted molar refractivity (Wildman–Crippen MR) is 129 cm³/mol. The Bertz CT molecular complexity index is 720. The molecule has 0 aromatic heterocycles. The number of halogens is 4. The van der Waals surface area contributed by atoms with E-state index in [0.29, 0.717) is 27.0 Å². The molecule has 0 unspecified atom stereocenters. The van der Waals surface area contributed by atoms with Gasteiger partial charge in [-0.05, 0) is 62.9 Å². The number of Topliss-reactive ketones (excluding diaryl/α,β-unsaturated/α-hetero) is 1. The summed E-state index contributed by atoms with van der Waals surface area (Å²) in [6.45, 7) is 14.9. The number of aryl methyl sites for hydroxylation is 2. The second kappa shape index (κ2) is 24.2. The van der Waals surface area contributed by atoms with Crippen molar-refractivity contribution in [3.63, 3.8) is 0 Å². The zero-order valence-corrected chi connectivity index (χ0v) is 21.2. The summed E-state index contributed by atoms with van der Waals surface area (Å²) in [5, 5.41) is 0. The molecule has 33 heavy (non-hydrogen) atoms. The Balaban J connectivity index is -0.00000101. The smallest absolute Gasteiger partial charge is 0.163 e. The minimum absolute atomic E-state index is 0.199. The molecule has 0 aliphatic carbocycles. The highest BCUT2D eigenvalue weighted by Gasteiger charge is 2.13. The van der Waals surface area contributed by atoms with E-state index in [1.165, 1.54) is 18.6 Å². The SMILES string of the molecule is CC.CC.CC(=O)c1c(F)ccc(CCCOCCOc2ccc(C)cc2)c1C.CF.FF.